The van der Waals surface area contributed by atoms with E-state index in [2.05, 4.69) is 35.6 Å². The zero-order chi connectivity index (χ0) is 24.7. The molecule has 35 heavy (non-hydrogen) atoms. The van der Waals surface area contributed by atoms with E-state index in [-0.39, 0.29) is 5.41 Å². The minimum Gasteiger partial charge on any atom is -0.391 e. The highest BCUT2D eigenvalue weighted by Gasteiger charge is 2.39. The summed E-state index contributed by atoms with van der Waals surface area (Å²) in [4.78, 5) is 13.3. The Morgan fingerprint density at radius 1 is 1.11 bits per heavy atom. The van der Waals surface area contributed by atoms with Crippen LogP contribution in [0.3, 0.4) is 0 Å². The predicted octanol–water partition coefficient (Wildman–Crippen LogP) is 4.49. The fourth-order valence-corrected chi connectivity index (χ4v) is 5.02. The van der Waals surface area contributed by atoms with Gasteiger partial charge in [0.15, 0.2) is 0 Å². The first-order valence-corrected chi connectivity index (χ1v) is 11.7. The van der Waals surface area contributed by atoms with Gasteiger partial charge in [0.25, 0.3) is 0 Å². The quantitative estimate of drug-likeness (QED) is 0.410. The molecule has 2 aromatic carbocycles. The van der Waals surface area contributed by atoms with E-state index in [1.54, 1.807) is 15.6 Å². The minimum absolute atomic E-state index is 0.175. The number of hydrogen-bond donors (Lipinski definition) is 3. The van der Waals surface area contributed by atoms with Gasteiger partial charge in [0.2, 0.25) is 0 Å². The summed E-state index contributed by atoms with van der Waals surface area (Å²) in [6.07, 6.45) is 3.51. The third kappa shape index (κ3) is 4.21. The van der Waals surface area contributed by atoms with Gasteiger partial charge in [0.1, 0.15) is 11.5 Å². The second kappa shape index (κ2) is 8.70. The zero-order valence-corrected chi connectivity index (χ0v) is 20.4. The van der Waals surface area contributed by atoms with Gasteiger partial charge in [-0.2, -0.15) is 10.2 Å². The number of aromatic nitrogens is 4. The Bertz CT molecular complexity index is 1370. The number of anilines is 1. The van der Waals surface area contributed by atoms with Gasteiger partial charge in [-0.1, -0.05) is 56.3 Å². The van der Waals surface area contributed by atoms with Crippen LogP contribution in [0.4, 0.5) is 10.6 Å². The van der Waals surface area contributed by atoms with Gasteiger partial charge in [-0.15, -0.1) is 0 Å². The lowest BCUT2D eigenvalue weighted by Crippen LogP contribution is -2.45. The second-order valence-electron chi connectivity index (χ2n) is 9.79. The number of carbonyl (C=O) groups is 1. The van der Waals surface area contributed by atoms with Crippen LogP contribution < -0.4 is 10.6 Å². The molecule has 180 valence electrons. The van der Waals surface area contributed by atoms with Crippen molar-refractivity contribution in [3.8, 4) is 16.9 Å². The summed E-state index contributed by atoms with van der Waals surface area (Å²) in [6.45, 7) is 6.16. The molecule has 1 unspecified atom stereocenters. The van der Waals surface area contributed by atoms with Gasteiger partial charge in [-0.3, -0.25) is 10.00 Å². The molecule has 2 heterocycles. The van der Waals surface area contributed by atoms with Crippen LogP contribution in [0.25, 0.3) is 16.9 Å². The molecule has 8 heteroatoms. The molecule has 2 amide bonds. The van der Waals surface area contributed by atoms with Crippen molar-refractivity contribution < 1.29 is 9.90 Å². The van der Waals surface area contributed by atoms with Crippen LogP contribution in [0.2, 0.25) is 0 Å². The van der Waals surface area contributed by atoms with Crippen molar-refractivity contribution in [1.82, 2.24) is 24.9 Å². The van der Waals surface area contributed by atoms with E-state index in [1.165, 1.54) is 0 Å². The molecule has 3 N–H and O–H groups in total. The van der Waals surface area contributed by atoms with Crippen molar-refractivity contribution in [1.29, 1.82) is 0 Å². The second-order valence-corrected chi connectivity index (χ2v) is 9.79. The molecule has 1 aliphatic rings. The normalized spacial score (nSPS) is 18.7. The molecule has 5 rings (SSSR count). The predicted molar refractivity (Wildman–Crippen MR) is 135 cm³/mol. The van der Waals surface area contributed by atoms with Gasteiger partial charge in [0.05, 0.1) is 24.0 Å². The summed E-state index contributed by atoms with van der Waals surface area (Å²) in [5.41, 5.74) is 5.15. The molecule has 0 saturated carbocycles. The molecular formula is C27H30N6O2. The molecular weight excluding hydrogens is 440 g/mol. The molecule has 0 saturated heterocycles. The summed E-state index contributed by atoms with van der Waals surface area (Å²) in [7, 11) is 1.86. The Labute approximate surface area is 204 Å². The monoisotopic (exact) mass is 470 g/mol. The Hall–Kier alpha value is -3.91. The number of nitrogens with one attached hydrogen (secondary N) is 2. The van der Waals surface area contributed by atoms with Crippen LogP contribution in [-0.2, 0) is 12.5 Å². The molecule has 1 aliphatic carbocycles. The van der Waals surface area contributed by atoms with E-state index < -0.39 is 18.2 Å². The van der Waals surface area contributed by atoms with Crippen molar-refractivity contribution in [3.05, 3.63) is 83.7 Å². The van der Waals surface area contributed by atoms with E-state index in [4.69, 9.17) is 5.10 Å². The first-order valence-electron chi connectivity index (χ1n) is 11.7. The number of benzene rings is 2. The topological polar surface area (TPSA) is 97.0 Å². The summed E-state index contributed by atoms with van der Waals surface area (Å²) < 4.78 is 3.45. The minimum atomic E-state index is -0.697. The molecule has 0 aliphatic heterocycles. The van der Waals surface area contributed by atoms with E-state index >= 15 is 0 Å². The lowest BCUT2D eigenvalue weighted by atomic mass is 9.70. The average Bonchev–Trinajstić information content (AvgIpc) is 3.40. The van der Waals surface area contributed by atoms with Crippen molar-refractivity contribution in [2.75, 3.05) is 5.32 Å². The fraction of sp³-hybridized carbons (Fsp3) is 0.296. The van der Waals surface area contributed by atoms with Crippen LogP contribution in [0.15, 0.2) is 67.0 Å². The standard InChI is InChI=1S/C27H30N6O2/c1-17-23(18-15-28-32(4)16-18)31-33(19-10-6-5-7-11-19)25(17)30-26(35)29-24-20-12-8-9-13-21(20)27(2,3)14-22(24)34/h5-13,15-16,22,24,34H,14H2,1-4H3,(H2,29,30,35)/t22-,24?/m1/s1. The van der Waals surface area contributed by atoms with E-state index in [1.807, 2.05) is 68.7 Å². The number of nitrogens with zero attached hydrogens (tertiary/aromatic N) is 4. The average molecular weight is 471 g/mol. The van der Waals surface area contributed by atoms with Crippen molar-refractivity contribution in [2.24, 2.45) is 7.05 Å². The summed E-state index contributed by atoms with van der Waals surface area (Å²) in [5.74, 6) is 0.562. The van der Waals surface area contributed by atoms with Crippen LogP contribution in [0.5, 0.6) is 0 Å². The lowest BCUT2D eigenvalue weighted by Gasteiger charge is -2.40. The Balaban J connectivity index is 1.48. The first-order chi connectivity index (χ1) is 16.7. The number of para-hydroxylation sites is 1. The highest BCUT2D eigenvalue weighted by Crippen LogP contribution is 2.41. The lowest BCUT2D eigenvalue weighted by molar-refractivity contribution is 0.0883. The fourth-order valence-electron chi connectivity index (χ4n) is 5.02. The largest absolute Gasteiger partial charge is 0.391 e. The van der Waals surface area contributed by atoms with Gasteiger partial charge < -0.3 is 10.4 Å². The van der Waals surface area contributed by atoms with Crippen LogP contribution in [-0.4, -0.2) is 36.8 Å². The molecule has 4 aromatic rings. The number of aryl methyl sites for hydroxylation is 1. The van der Waals surface area contributed by atoms with E-state index in [0.29, 0.717) is 12.2 Å². The van der Waals surface area contributed by atoms with Gasteiger partial charge in [-0.25, -0.2) is 9.48 Å². The van der Waals surface area contributed by atoms with Crippen LogP contribution >= 0.6 is 0 Å². The molecule has 2 aromatic heterocycles. The maximum Gasteiger partial charge on any atom is 0.320 e. The number of rotatable bonds is 4. The van der Waals surface area contributed by atoms with Crippen molar-refractivity contribution in [2.45, 2.75) is 44.8 Å². The maximum atomic E-state index is 13.3. The molecule has 0 spiro atoms. The SMILES string of the molecule is Cc1c(-c2cnn(C)c2)nn(-c2ccccc2)c1NC(=O)NC1c2ccccc2C(C)(C)C[C@H]1O. The van der Waals surface area contributed by atoms with Crippen molar-refractivity contribution in [3.63, 3.8) is 0 Å². The van der Waals surface area contributed by atoms with Crippen LogP contribution in [0, 0.1) is 6.92 Å². The number of urea groups is 1. The Morgan fingerprint density at radius 2 is 1.83 bits per heavy atom. The van der Waals surface area contributed by atoms with Gasteiger partial charge in [0, 0.05) is 24.4 Å². The Kier molecular flexibility index (Phi) is 5.68. The summed E-state index contributed by atoms with van der Waals surface area (Å²) >= 11 is 0. The number of amides is 2. The van der Waals surface area contributed by atoms with E-state index in [0.717, 1.165) is 33.6 Å². The molecule has 8 nitrogen and oxygen atoms in total. The maximum absolute atomic E-state index is 13.3. The molecule has 0 bridgehead atoms. The third-order valence-electron chi connectivity index (χ3n) is 6.75. The summed E-state index contributed by atoms with van der Waals surface area (Å²) in [5, 5.41) is 26.0. The number of aliphatic hydroxyl groups excluding tert-OH is 1. The Morgan fingerprint density at radius 3 is 2.54 bits per heavy atom. The van der Waals surface area contributed by atoms with Crippen molar-refractivity contribution >= 4 is 11.8 Å². The van der Waals surface area contributed by atoms with Crippen LogP contribution in [0.1, 0.15) is 43.0 Å². The first kappa shape index (κ1) is 22.9. The molecule has 2 atom stereocenters. The smallest absolute Gasteiger partial charge is 0.320 e. The number of carbonyl (C=O) groups excluding carboxylic acids is 1. The zero-order valence-electron chi connectivity index (χ0n) is 20.4. The number of aliphatic hydroxyl groups is 1. The molecule has 0 radical (unpaired) electrons. The number of fused-ring (bicyclic) bond motifs is 1. The van der Waals surface area contributed by atoms with E-state index in [9.17, 15) is 9.90 Å². The summed E-state index contributed by atoms with van der Waals surface area (Å²) in [6, 6.07) is 16.7. The highest BCUT2D eigenvalue weighted by molar-refractivity contribution is 5.91. The van der Waals surface area contributed by atoms with Gasteiger partial charge >= 0.3 is 6.03 Å². The molecule has 0 fully saturated rings. The van der Waals surface area contributed by atoms with Gasteiger partial charge in [-0.05, 0) is 42.0 Å². The number of hydrogen-bond acceptors (Lipinski definition) is 4. The third-order valence-corrected chi connectivity index (χ3v) is 6.75. The highest BCUT2D eigenvalue weighted by atomic mass is 16.3.